The van der Waals surface area contributed by atoms with Crippen LogP contribution < -0.4 is 0 Å². The summed E-state index contributed by atoms with van der Waals surface area (Å²) in [4.78, 5) is 11.3. The van der Waals surface area contributed by atoms with Crippen LogP contribution in [0, 0.1) is 0 Å². The van der Waals surface area contributed by atoms with Crippen LogP contribution in [0.1, 0.15) is 0 Å². The first-order chi connectivity index (χ1) is 12.0. The normalized spacial score (nSPS) is 35.4. The molecule has 26 heavy (non-hydrogen) atoms. The largest absolute Gasteiger partial charge is 0.429 e. The maximum atomic E-state index is 14.5. The molecule has 0 saturated carbocycles. The van der Waals surface area contributed by atoms with E-state index in [1.165, 1.54) is 18.2 Å². The summed E-state index contributed by atoms with van der Waals surface area (Å²) in [6.07, 6.45) is 10.5. The van der Waals surface area contributed by atoms with E-state index in [9.17, 15) is 31.1 Å². The second-order valence-electron chi connectivity index (χ2n) is 6.58. The van der Waals surface area contributed by atoms with E-state index in [0.29, 0.717) is 18.2 Å². The Morgan fingerprint density at radius 2 is 0.808 bits per heavy atom. The molecule has 0 saturated heterocycles. The SMILES string of the molecule is O[Si](C1C=CC=CC1(F)F)(C1C=CC=CC1(F)F)C1C=CC=CC1(F)F. The van der Waals surface area contributed by atoms with Crippen LogP contribution in [0.5, 0.6) is 0 Å². The van der Waals surface area contributed by atoms with Gasteiger partial charge in [-0.3, -0.25) is 0 Å². The Morgan fingerprint density at radius 1 is 0.538 bits per heavy atom. The van der Waals surface area contributed by atoms with Gasteiger partial charge in [-0.25, -0.2) is 26.3 Å². The average Bonchev–Trinajstić information content (AvgIpc) is 2.53. The number of allylic oxidation sites excluding steroid dienone is 12. The molecule has 0 amide bonds. The molecule has 0 aromatic rings. The van der Waals surface area contributed by atoms with E-state index < -0.39 is 42.7 Å². The molecule has 3 rings (SSSR count). The third-order valence-corrected chi connectivity index (χ3v) is 9.66. The summed E-state index contributed by atoms with van der Waals surface area (Å²) in [7, 11) is -5.12. The lowest BCUT2D eigenvalue weighted by atomic mass is 10.1. The molecule has 0 aromatic carbocycles. The third kappa shape index (κ3) is 2.94. The van der Waals surface area contributed by atoms with E-state index in [4.69, 9.17) is 0 Å². The Bertz CT molecular complexity index is 649. The number of rotatable bonds is 3. The zero-order valence-corrected chi connectivity index (χ0v) is 14.4. The molecule has 0 aromatic heterocycles. The van der Waals surface area contributed by atoms with Crippen molar-refractivity contribution in [3.63, 3.8) is 0 Å². The van der Waals surface area contributed by atoms with Crippen molar-refractivity contribution in [1.29, 1.82) is 0 Å². The number of hydrogen-bond acceptors (Lipinski definition) is 1. The lowest BCUT2D eigenvalue weighted by Gasteiger charge is -2.48. The van der Waals surface area contributed by atoms with Crippen LogP contribution >= 0.6 is 0 Å². The van der Waals surface area contributed by atoms with E-state index in [2.05, 4.69) is 0 Å². The standard InChI is InChI=1S/C18H16F6OSi/c19-16(20)10-4-1-7-13(16)26(25,14-8-2-5-11-17(14,21)22)15-9-3-6-12-18(15,23)24/h1-15,25H. The number of halogens is 6. The van der Waals surface area contributed by atoms with Crippen LogP contribution in [0.3, 0.4) is 0 Å². The highest BCUT2D eigenvalue weighted by Crippen LogP contribution is 2.59. The van der Waals surface area contributed by atoms with Crippen LogP contribution in [0.15, 0.2) is 72.9 Å². The van der Waals surface area contributed by atoms with Gasteiger partial charge in [0.05, 0.1) is 16.6 Å². The smallest absolute Gasteiger partial charge is 0.272 e. The zero-order chi connectivity index (χ0) is 19.2. The summed E-state index contributed by atoms with van der Waals surface area (Å²) in [5, 5.41) is 0. The molecule has 0 heterocycles. The molecule has 0 fully saturated rings. The first kappa shape index (κ1) is 19.0. The van der Waals surface area contributed by atoms with E-state index in [-0.39, 0.29) is 0 Å². The molecule has 1 N–H and O–H groups in total. The third-order valence-electron chi connectivity index (χ3n) is 4.94. The predicted molar refractivity (Wildman–Crippen MR) is 88.9 cm³/mol. The van der Waals surface area contributed by atoms with Crippen LogP contribution in [-0.4, -0.2) is 30.9 Å². The fraction of sp³-hybridized carbons (Fsp3) is 0.333. The van der Waals surface area contributed by atoms with E-state index in [1.807, 2.05) is 0 Å². The van der Waals surface area contributed by atoms with Crippen molar-refractivity contribution in [2.24, 2.45) is 0 Å². The van der Waals surface area contributed by atoms with Crippen LogP contribution in [0.25, 0.3) is 0 Å². The molecule has 8 heteroatoms. The van der Waals surface area contributed by atoms with E-state index in [1.54, 1.807) is 0 Å². The first-order valence-electron chi connectivity index (χ1n) is 7.96. The predicted octanol–water partition coefficient (Wildman–Crippen LogP) is 5.32. The number of hydrogen-bond donors (Lipinski definition) is 1. The van der Waals surface area contributed by atoms with Gasteiger partial charge in [-0.05, 0) is 18.2 Å². The molecule has 140 valence electrons. The minimum absolute atomic E-state index is 0.455. The molecule has 1 nitrogen and oxygen atoms in total. The molecule has 0 aliphatic heterocycles. The molecule has 0 spiro atoms. The molecular weight excluding hydrogens is 374 g/mol. The summed E-state index contributed by atoms with van der Waals surface area (Å²) in [6.45, 7) is 0. The molecule has 0 radical (unpaired) electrons. The lowest BCUT2D eigenvalue weighted by molar-refractivity contribution is 0.0176. The van der Waals surface area contributed by atoms with Crippen LogP contribution in [0.2, 0.25) is 16.6 Å². The lowest BCUT2D eigenvalue weighted by Crippen LogP contribution is -2.61. The Labute approximate surface area is 147 Å². The van der Waals surface area contributed by atoms with Gasteiger partial charge in [-0.15, -0.1) is 0 Å². The molecule has 0 bridgehead atoms. The monoisotopic (exact) mass is 390 g/mol. The summed E-state index contributed by atoms with van der Waals surface area (Å²) < 4.78 is 87.2. The fourth-order valence-corrected chi connectivity index (χ4v) is 8.30. The highest BCUT2D eigenvalue weighted by atomic mass is 28.4. The van der Waals surface area contributed by atoms with Gasteiger partial charge in [0.25, 0.3) is 17.8 Å². The summed E-state index contributed by atoms with van der Waals surface area (Å²) in [5.41, 5.74) is -6.38. The second-order valence-corrected chi connectivity index (χ2v) is 10.2. The topological polar surface area (TPSA) is 20.2 Å². The van der Waals surface area contributed by atoms with Gasteiger partial charge in [-0.1, -0.05) is 54.7 Å². The summed E-state index contributed by atoms with van der Waals surface area (Å²) in [6, 6.07) is 0. The van der Waals surface area contributed by atoms with Crippen molar-refractivity contribution < 1.29 is 31.1 Å². The Kier molecular flexibility index (Phi) is 4.47. The van der Waals surface area contributed by atoms with Gasteiger partial charge in [-0.2, -0.15) is 0 Å². The van der Waals surface area contributed by atoms with Crippen LogP contribution in [0.4, 0.5) is 26.3 Å². The van der Waals surface area contributed by atoms with Crippen molar-refractivity contribution in [2.75, 3.05) is 0 Å². The molecule has 3 aliphatic carbocycles. The maximum absolute atomic E-state index is 14.5. The van der Waals surface area contributed by atoms with E-state index >= 15 is 0 Å². The van der Waals surface area contributed by atoms with Gasteiger partial charge in [0.1, 0.15) is 0 Å². The van der Waals surface area contributed by atoms with E-state index in [0.717, 1.165) is 36.5 Å². The van der Waals surface area contributed by atoms with Crippen molar-refractivity contribution in [2.45, 2.75) is 34.4 Å². The minimum Gasteiger partial charge on any atom is -0.429 e. The van der Waals surface area contributed by atoms with Gasteiger partial charge in [0.2, 0.25) is 8.32 Å². The Morgan fingerprint density at radius 3 is 1.04 bits per heavy atom. The van der Waals surface area contributed by atoms with Gasteiger partial charge >= 0.3 is 0 Å². The highest BCUT2D eigenvalue weighted by Gasteiger charge is 2.68. The second kappa shape index (κ2) is 6.13. The fourth-order valence-electron chi connectivity index (χ4n) is 3.74. The van der Waals surface area contributed by atoms with Crippen molar-refractivity contribution in [3.8, 4) is 0 Å². The zero-order valence-electron chi connectivity index (χ0n) is 13.4. The molecule has 3 atom stereocenters. The van der Waals surface area contributed by atoms with Gasteiger partial charge in [0, 0.05) is 0 Å². The Balaban J connectivity index is 2.20. The van der Waals surface area contributed by atoms with Gasteiger partial charge in [0.15, 0.2) is 0 Å². The van der Waals surface area contributed by atoms with Gasteiger partial charge < -0.3 is 4.80 Å². The van der Waals surface area contributed by atoms with Crippen molar-refractivity contribution in [1.82, 2.24) is 0 Å². The molecule has 3 unspecified atom stereocenters. The summed E-state index contributed by atoms with van der Waals surface area (Å²) >= 11 is 0. The first-order valence-corrected chi connectivity index (χ1v) is 10.1. The van der Waals surface area contributed by atoms with Crippen molar-refractivity contribution >= 4 is 8.32 Å². The van der Waals surface area contributed by atoms with Crippen LogP contribution in [-0.2, 0) is 0 Å². The molecular formula is C18H16F6OSi. The summed E-state index contributed by atoms with van der Waals surface area (Å²) in [5.74, 6) is -11.1. The minimum atomic E-state index is -5.12. The quantitative estimate of drug-likeness (QED) is 0.511. The molecule has 3 aliphatic rings. The maximum Gasteiger partial charge on any atom is 0.272 e. The number of alkyl halides is 6. The van der Waals surface area contributed by atoms with Crippen molar-refractivity contribution in [3.05, 3.63) is 72.9 Å². The Hall–Kier alpha value is -1.80. The highest BCUT2D eigenvalue weighted by molar-refractivity contribution is 6.79. The average molecular weight is 390 g/mol.